The molecule has 1 saturated heterocycles. The molecule has 0 aromatic rings. The van der Waals surface area contributed by atoms with Crippen LogP contribution in [0.3, 0.4) is 0 Å². The zero-order valence-electron chi connectivity index (χ0n) is 12.4. The van der Waals surface area contributed by atoms with Crippen LogP contribution in [0.25, 0.3) is 0 Å². The lowest BCUT2D eigenvalue weighted by atomic mass is 9.76. The summed E-state index contributed by atoms with van der Waals surface area (Å²) in [6, 6.07) is 0.574. The zero-order chi connectivity index (χ0) is 12.9. The molecule has 0 spiro atoms. The lowest BCUT2D eigenvalue weighted by Gasteiger charge is -2.33. The molecule has 1 aliphatic rings. The van der Waals surface area contributed by atoms with E-state index in [1.54, 1.807) is 0 Å². The first-order valence-corrected chi connectivity index (χ1v) is 7.31. The van der Waals surface area contributed by atoms with Crippen LogP contribution in [0.2, 0.25) is 0 Å². The molecule has 1 fully saturated rings. The van der Waals surface area contributed by atoms with Crippen LogP contribution in [-0.4, -0.2) is 25.3 Å². The molecule has 1 heterocycles. The van der Waals surface area contributed by atoms with Crippen molar-refractivity contribution in [1.29, 1.82) is 0 Å². The SMILES string of the molecule is CC(C)CCCC1(CNC(C)C)CCOC1C. The Labute approximate surface area is 108 Å². The Morgan fingerprint density at radius 1 is 1.29 bits per heavy atom. The third-order valence-electron chi connectivity index (χ3n) is 4.15. The first kappa shape index (κ1) is 15.0. The molecule has 2 heteroatoms. The van der Waals surface area contributed by atoms with E-state index in [0.717, 1.165) is 19.1 Å². The van der Waals surface area contributed by atoms with Crippen molar-refractivity contribution >= 4 is 0 Å². The monoisotopic (exact) mass is 241 g/mol. The van der Waals surface area contributed by atoms with Gasteiger partial charge < -0.3 is 10.1 Å². The van der Waals surface area contributed by atoms with Crippen LogP contribution in [0.5, 0.6) is 0 Å². The average Bonchev–Trinajstić information content (AvgIpc) is 2.58. The molecule has 0 bridgehead atoms. The van der Waals surface area contributed by atoms with Crippen LogP contribution in [-0.2, 0) is 4.74 Å². The van der Waals surface area contributed by atoms with E-state index in [-0.39, 0.29) is 0 Å². The highest BCUT2D eigenvalue weighted by Crippen LogP contribution is 2.39. The number of ether oxygens (including phenoxy) is 1. The van der Waals surface area contributed by atoms with Gasteiger partial charge in [-0.15, -0.1) is 0 Å². The van der Waals surface area contributed by atoms with E-state index in [2.05, 4.69) is 39.9 Å². The van der Waals surface area contributed by atoms with E-state index in [1.807, 2.05) is 0 Å². The minimum atomic E-state index is 0.388. The smallest absolute Gasteiger partial charge is 0.0616 e. The maximum Gasteiger partial charge on any atom is 0.0616 e. The minimum Gasteiger partial charge on any atom is -0.378 e. The Kier molecular flexibility index (Phi) is 5.94. The molecule has 1 aliphatic heterocycles. The summed E-state index contributed by atoms with van der Waals surface area (Å²) in [5.41, 5.74) is 0.388. The summed E-state index contributed by atoms with van der Waals surface area (Å²) < 4.78 is 5.82. The third kappa shape index (κ3) is 4.59. The van der Waals surface area contributed by atoms with Crippen LogP contribution in [0.4, 0.5) is 0 Å². The first-order chi connectivity index (χ1) is 7.96. The van der Waals surface area contributed by atoms with Crippen LogP contribution in [0.15, 0.2) is 0 Å². The van der Waals surface area contributed by atoms with Crippen molar-refractivity contribution in [2.24, 2.45) is 11.3 Å². The second-order valence-electron chi connectivity index (χ2n) is 6.45. The fourth-order valence-corrected chi connectivity index (χ4v) is 2.74. The van der Waals surface area contributed by atoms with Gasteiger partial charge in [-0.3, -0.25) is 0 Å². The largest absolute Gasteiger partial charge is 0.378 e. The lowest BCUT2D eigenvalue weighted by molar-refractivity contribution is 0.0556. The summed E-state index contributed by atoms with van der Waals surface area (Å²) in [5.74, 6) is 0.822. The van der Waals surface area contributed by atoms with Crippen molar-refractivity contribution in [1.82, 2.24) is 5.32 Å². The lowest BCUT2D eigenvalue weighted by Crippen LogP contribution is -2.41. The van der Waals surface area contributed by atoms with Gasteiger partial charge in [0.15, 0.2) is 0 Å². The van der Waals surface area contributed by atoms with Gasteiger partial charge in [-0.2, -0.15) is 0 Å². The highest BCUT2D eigenvalue weighted by atomic mass is 16.5. The van der Waals surface area contributed by atoms with Crippen molar-refractivity contribution in [3.63, 3.8) is 0 Å². The predicted octanol–water partition coefficient (Wildman–Crippen LogP) is 3.61. The molecule has 0 aliphatic carbocycles. The highest BCUT2D eigenvalue weighted by molar-refractivity contribution is 4.91. The van der Waals surface area contributed by atoms with Crippen LogP contribution < -0.4 is 5.32 Å². The molecule has 0 amide bonds. The highest BCUT2D eigenvalue weighted by Gasteiger charge is 2.40. The third-order valence-corrected chi connectivity index (χ3v) is 4.15. The molecular formula is C15H31NO. The van der Waals surface area contributed by atoms with E-state index in [1.165, 1.54) is 25.7 Å². The Morgan fingerprint density at radius 3 is 2.47 bits per heavy atom. The molecular weight excluding hydrogens is 210 g/mol. The van der Waals surface area contributed by atoms with Gasteiger partial charge in [-0.05, 0) is 25.7 Å². The summed E-state index contributed by atoms with van der Waals surface area (Å²) >= 11 is 0. The number of nitrogens with one attached hydrogen (secondary N) is 1. The zero-order valence-corrected chi connectivity index (χ0v) is 12.4. The van der Waals surface area contributed by atoms with E-state index in [9.17, 15) is 0 Å². The summed E-state index contributed by atoms with van der Waals surface area (Å²) in [6.07, 6.45) is 5.64. The molecule has 1 N–H and O–H groups in total. The second-order valence-corrected chi connectivity index (χ2v) is 6.45. The minimum absolute atomic E-state index is 0.388. The summed E-state index contributed by atoms with van der Waals surface area (Å²) in [4.78, 5) is 0. The standard InChI is InChI=1S/C15H31NO/c1-12(2)7-6-8-15(11-16-13(3)4)9-10-17-14(15)5/h12-14,16H,6-11H2,1-5H3. The van der Waals surface area contributed by atoms with Crippen LogP contribution >= 0.6 is 0 Å². The van der Waals surface area contributed by atoms with E-state index >= 15 is 0 Å². The number of hydrogen-bond donors (Lipinski definition) is 1. The summed E-state index contributed by atoms with van der Waals surface area (Å²) in [5, 5.41) is 3.62. The molecule has 2 nitrogen and oxygen atoms in total. The molecule has 0 radical (unpaired) electrons. The fraction of sp³-hybridized carbons (Fsp3) is 1.00. The van der Waals surface area contributed by atoms with Crippen molar-refractivity contribution in [3.05, 3.63) is 0 Å². The maximum atomic E-state index is 5.82. The molecule has 0 saturated carbocycles. The van der Waals surface area contributed by atoms with Gasteiger partial charge in [0.1, 0.15) is 0 Å². The normalized spacial score (nSPS) is 29.5. The molecule has 1 rings (SSSR count). The van der Waals surface area contributed by atoms with Gasteiger partial charge in [0.2, 0.25) is 0 Å². The molecule has 102 valence electrons. The first-order valence-electron chi connectivity index (χ1n) is 7.31. The number of hydrogen-bond acceptors (Lipinski definition) is 2. The van der Waals surface area contributed by atoms with Gasteiger partial charge >= 0.3 is 0 Å². The summed E-state index contributed by atoms with van der Waals surface area (Å²) in [7, 11) is 0. The Hall–Kier alpha value is -0.0800. The molecule has 2 atom stereocenters. The van der Waals surface area contributed by atoms with Gasteiger partial charge in [-0.1, -0.05) is 40.5 Å². The molecule has 0 aromatic heterocycles. The molecule has 17 heavy (non-hydrogen) atoms. The average molecular weight is 241 g/mol. The second kappa shape index (κ2) is 6.75. The topological polar surface area (TPSA) is 21.3 Å². The maximum absolute atomic E-state index is 5.82. The van der Waals surface area contributed by atoms with Gasteiger partial charge in [0.25, 0.3) is 0 Å². The Bertz CT molecular complexity index is 215. The van der Waals surface area contributed by atoms with Crippen molar-refractivity contribution < 1.29 is 4.74 Å². The quantitative estimate of drug-likeness (QED) is 0.735. The van der Waals surface area contributed by atoms with E-state index in [0.29, 0.717) is 17.6 Å². The Balaban J connectivity index is 2.47. The van der Waals surface area contributed by atoms with Gasteiger partial charge in [-0.25, -0.2) is 0 Å². The van der Waals surface area contributed by atoms with Crippen molar-refractivity contribution in [3.8, 4) is 0 Å². The molecule has 0 aromatic carbocycles. The fourth-order valence-electron chi connectivity index (χ4n) is 2.74. The van der Waals surface area contributed by atoms with Crippen LogP contribution in [0.1, 0.15) is 60.3 Å². The van der Waals surface area contributed by atoms with E-state index < -0.39 is 0 Å². The summed E-state index contributed by atoms with van der Waals surface area (Å²) in [6.45, 7) is 13.4. The van der Waals surface area contributed by atoms with Gasteiger partial charge in [0.05, 0.1) is 6.10 Å². The van der Waals surface area contributed by atoms with E-state index in [4.69, 9.17) is 4.74 Å². The van der Waals surface area contributed by atoms with Gasteiger partial charge in [0, 0.05) is 24.6 Å². The van der Waals surface area contributed by atoms with Crippen molar-refractivity contribution in [2.45, 2.75) is 72.4 Å². The molecule has 2 unspecified atom stereocenters. The van der Waals surface area contributed by atoms with Crippen LogP contribution in [0, 0.1) is 11.3 Å². The van der Waals surface area contributed by atoms with Crippen molar-refractivity contribution in [2.75, 3.05) is 13.2 Å². The predicted molar refractivity (Wildman–Crippen MR) is 74.3 cm³/mol. The Morgan fingerprint density at radius 2 is 2.00 bits per heavy atom. The number of rotatable bonds is 7.